The molecule has 0 aliphatic heterocycles. The van der Waals surface area contributed by atoms with Gasteiger partial charge in [-0.1, -0.05) is 29.8 Å². The Morgan fingerprint density at radius 1 is 1.28 bits per heavy atom. The van der Waals surface area contributed by atoms with E-state index in [2.05, 4.69) is 30.1 Å². The summed E-state index contributed by atoms with van der Waals surface area (Å²) in [6, 6.07) is 11.9. The van der Waals surface area contributed by atoms with Gasteiger partial charge in [0, 0.05) is 6.20 Å². The summed E-state index contributed by atoms with van der Waals surface area (Å²) in [4.78, 5) is 4.32. The van der Waals surface area contributed by atoms with E-state index in [1.165, 1.54) is 11.1 Å². The molecule has 0 saturated carbocycles. The Bertz CT molecular complexity index is 525. The molecular weight excluding hydrogens is 224 g/mol. The van der Waals surface area contributed by atoms with Gasteiger partial charge in [0.25, 0.3) is 0 Å². The Morgan fingerprint density at radius 3 is 2.83 bits per heavy atom. The molecule has 1 unspecified atom stereocenters. The first-order valence-electron chi connectivity index (χ1n) is 6.00. The maximum Gasteiger partial charge on any atom is 0.141 e. The first kappa shape index (κ1) is 12.6. The van der Waals surface area contributed by atoms with Crippen LogP contribution in [0.4, 0.5) is 0 Å². The van der Waals surface area contributed by atoms with Crippen molar-refractivity contribution in [1.82, 2.24) is 4.98 Å². The van der Waals surface area contributed by atoms with Gasteiger partial charge in [0.05, 0.1) is 18.8 Å². The summed E-state index contributed by atoms with van der Waals surface area (Å²) >= 11 is 0. The number of rotatable bonds is 4. The van der Waals surface area contributed by atoms with Crippen LogP contribution in [0.5, 0.6) is 5.75 Å². The lowest BCUT2D eigenvalue weighted by molar-refractivity contribution is 0.401. The number of ether oxygens (including phenoxy) is 1. The van der Waals surface area contributed by atoms with Crippen LogP contribution in [0.2, 0.25) is 0 Å². The van der Waals surface area contributed by atoms with Crippen molar-refractivity contribution in [3.05, 3.63) is 59.4 Å². The molecule has 1 heterocycles. The van der Waals surface area contributed by atoms with Gasteiger partial charge in [-0.3, -0.25) is 4.98 Å². The molecule has 0 saturated heterocycles. The van der Waals surface area contributed by atoms with E-state index in [0.29, 0.717) is 0 Å². The number of hydrogen-bond acceptors (Lipinski definition) is 3. The number of nitrogens with two attached hydrogens (primary N) is 1. The molecular formula is C15H18N2O. The minimum absolute atomic E-state index is 0.150. The molecule has 0 aliphatic carbocycles. The van der Waals surface area contributed by atoms with Crippen molar-refractivity contribution in [3.8, 4) is 5.75 Å². The number of pyridine rings is 1. The zero-order valence-electron chi connectivity index (χ0n) is 10.8. The van der Waals surface area contributed by atoms with E-state index in [1.54, 1.807) is 13.3 Å². The standard InChI is InChI=1S/C15H18N2O/c1-11-5-3-6-12(9-11)10-13(16)15-14(18-2)7-4-8-17-15/h3-9,13H,10,16H2,1-2H3. The first-order chi connectivity index (χ1) is 8.70. The van der Waals surface area contributed by atoms with Gasteiger partial charge in [-0.05, 0) is 31.0 Å². The first-order valence-corrected chi connectivity index (χ1v) is 6.00. The van der Waals surface area contributed by atoms with Crippen LogP contribution in [0.1, 0.15) is 22.9 Å². The van der Waals surface area contributed by atoms with Crippen LogP contribution < -0.4 is 10.5 Å². The zero-order valence-corrected chi connectivity index (χ0v) is 10.8. The van der Waals surface area contributed by atoms with Crippen molar-refractivity contribution in [2.75, 3.05) is 7.11 Å². The number of aryl methyl sites for hydroxylation is 1. The van der Waals surface area contributed by atoms with Gasteiger partial charge in [-0.2, -0.15) is 0 Å². The molecule has 0 fully saturated rings. The van der Waals surface area contributed by atoms with E-state index in [9.17, 15) is 0 Å². The van der Waals surface area contributed by atoms with Gasteiger partial charge in [-0.25, -0.2) is 0 Å². The minimum Gasteiger partial charge on any atom is -0.495 e. The molecule has 2 aromatic rings. The Labute approximate surface area is 108 Å². The predicted octanol–water partition coefficient (Wildman–Crippen LogP) is 2.64. The third-order valence-corrected chi connectivity index (χ3v) is 2.91. The number of methoxy groups -OCH3 is 1. The molecule has 3 nitrogen and oxygen atoms in total. The second-order valence-electron chi connectivity index (χ2n) is 4.39. The molecule has 1 atom stereocenters. The van der Waals surface area contributed by atoms with Crippen molar-refractivity contribution < 1.29 is 4.74 Å². The summed E-state index contributed by atoms with van der Waals surface area (Å²) in [5.41, 5.74) is 9.48. The largest absolute Gasteiger partial charge is 0.495 e. The molecule has 94 valence electrons. The molecule has 2 rings (SSSR count). The Balaban J connectivity index is 2.19. The van der Waals surface area contributed by atoms with Gasteiger partial charge in [0.2, 0.25) is 0 Å². The Kier molecular flexibility index (Phi) is 3.95. The van der Waals surface area contributed by atoms with E-state index in [0.717, 1.165) is 17.9 Å². The number of aromatic nitrogens is 1. The summed E-state index contributed by atoms with van der Waals surface area (Å²) in [6.45, 7) is 2.08. The topological polar surface area (TPSA) is 48.1 Å². The molecule has 0 amide bonds. The highest BCUT2D eigenvalue weighted by Crippen LogP contribution is 2.23. The van der Waals surface area contributed by atoms with Gasteiger partial charge in [0.1, 0.15) is 5.75 Å². The number of benzene rings is 1. The van der Waals surface area contributed by atoms with E-state index < -0.39 is 0 Å². The average molecular weight is 242 g/mol. The van der Waals surface area contributed by atoms with Crippen LogP contribution in [0.15, 0.2) is 42.6 Å². The maximum atomic E-state index is 6.21. The minimum atomic E-state index is -0.150. The maximum absolute atomic E-state index is 6.21. The van der Waals surface area contributed by atoms with Crippen LogP contribution in [0.25, 0.3) is 0 Å². The lowest BCUT2D eigenvalue weighted by atomic mass is 10.0. The highest BCUT2D eigenvalue weighted by atomic mass is 16.5. The highest BCUT2D eigenvalue weighted by Gasteiger charge is 2.13. The summed E-state index contributed by atoms with van der Waals surface area (Å²) in [5, 5.41) is 0. The SMILES string of the molecule is COc1cccnc1C(N)Cc1cccc(C)c1. The van der Waals surface area contributed by atoms with Crippen molar-refractivity contribution in [2.24, 2.45) is 5.73 Å². The fourth-order valence-electron chi connectivity index (χ4n) is 2.04. The fourth-order valence-corrected chi connectivity index (χ4v) is 2.04. The lowest BCUT2D eigenvalue weighted by Gasteiger charge is -2.14. The Hall–Kier alpha value is -1.87. The van der Waals surface area contributed by atoms with Gasteiger partial charge in [-0.15, -0.1) is 0 Å². The van der Waals surface area contributed by atoms with Crippen LogP contribution in [-0.4, -0.2) is 12.1 Å². The second-order valence-corrected chi connectivity index (χ2v) is 4.39. The van der Waals surface area contributed by atoms with Crippen LogP contribution >= 0.6 is 0 Å². The molecule has 0 aliphatic rings. The van der Waals surface area contributed by atoms with Crippen molar-refractivity contribution >= 4 is 0 Å². The monoisotopic (exact) mass is 242 g/mol. The van der Waals surface area contributed by atoms with E-state index in [-0.39, 0.29) is 6.04 Å². The molecule has 2 N–H and O–H groups in total. The molecule has 1 aromatic carbocycles. The van der Waals surface area contributed by atoms with Crippen LogP contribution in [0.3, 0.4) is 0 Å². The van der Waals surface area contributed by atoms with Gasteiger partial charge >= 0.3 is 0 Å². The average Bonchev–Trinajstić information content (AvgIpc) is 2.38. The van der Waals surface area contributed by atoms with Gasteiger partial charge < -0.3 is 10.5 Å². The third-order valence-electron chi connectivity index (χ3n) is 2.91. The van der Waals surface area contributed by atoms with Gasteiger partial charge in [0.15, 0.2) is 0 Å². The van der Waals surface area contributed by atoms with Crippen LogP contribution in [0, 0.1) is 6.92 Å². The van der Waals surface area contributed by atoms with E-state index >= 15 is 0 Å². The number of nitrogens with zero attached hydrogens (tertiary/aromatic N) is 1. The summed E-state index contributed by atoms with van der Waals surface area (Å²) in [6.07, 6.45) is 2.50. The lowest BCUT2D eigenvalue weighted by Crippen LogP contribution is -2.16. The molecule has 0 radical (unpaired) electrons. The molecule has 3 heteroatoms. The number of hydrogen-bond donors (Lipinski definition) is 1. The normalized spacial score (nSPS) is 12.2. The summed E-state index contributed by atoms with van der Waals surface area (Å²) < 4.78 is 5.29. The Morgan fingerprint density at radius 2 is 2.11 bits per heavy atom. The highest BCUT2D eigenvalue weighted by molar-refractivity contribution is 5.31. The summed E-state index contributed by atoms with van der Waals surface area (Å²) in [7, 11) is 1.64. The molecule has 0 bridgehead atoms. The van der Waals surface area contributed by atoms with Crippen molar-refractivity contribution in [1.29, 1.82) is 0 Å². The van der Waals surface area contributed by atoms with E-state index in [1.807, 2.05) is 18.2 Å². The molecule has 18 heavy (non-hydrogen) atoms. The second kappa shape index (κ2) is 5.65. The zero-order chi connectivity index (χ0) is 13.0. The van der Waals surface area contributed by atoms with E-state index in [4.69, 9.17) is 10.5 Å². The fraction of sp³-hybridized carbons (Fsp3) is 0.267. The smallest absolute Gasteiger partial charge is 0.141 e. The predicted molar refractivity (Wildman–Crippen MR) is 72.6 cm³/mol. The van der Waals surface area contributed by atoms with Crippen molar-refractivity contribution in [3.63, 3.8) is 0 Å². The molecule has 1 aromatic heterocycles. The summed E-state index contributed by atoms with van der Waals surface area (Å²) in [5.74, 6) is 0.748. The van der Waals surface area contributed by atoms with Crippen molar-refractivity contribution in [2.45, 2.75) is 19.4 Å². The van der Waals surface area contributed by atoms with Crippen LogP contribution in [-0.2, 0) is 6.42 Å². The quantitative estimate of drug-likeness (QED) is 0.896. The molecule has 0 spiro atoms. The third kappa shape index (κ3) is 2.87.